The molecule has 9 nitrogen and oxygen atoms in total. The quantitative estimate of drug-likeness (QED) is 0.580. The highest BCUT2D eigenvalue weighted by molar-refractivity contribution is 7.92. The van der Waals surface area contributed by atoms with Crippen LogP contribution in [0.5, 0.6) is 5.75 Å². The maximum Gasteiger partial charge on any atom is 0.326 e. The summed E-state index contributed by atoms with van der Waals surface area (Å²) in [5.41, 5.74) is 0.650. The Kier molecular flexibility index (Phi) is 6.15. The second kappa shape index (κ2) is 8.26. The fourth-order valence-corrected chi connectivity index (χ4v) is 6.32. The number of aromatic hydroxyl groups is 1. The van der Waals surface area contributed by atoms with Gasteiger partial charge < -0.3 is 5.11 Å². The molecular weight excluding hydrogens is 406 g/mol. The van der Waals surface area contributed by atoms with Crippen LogP contribution in [0, 0.1) is 5.92 Å². The van der Waals surface area contributed by atoms with Crippen LogP contribution < -0.4 is 13.7 Å². The lowest BCUT2D eigenvalue weighted by atomic mass is 9.91. The predicted molar refractivity (Wildman–Crippen MR) is 105 cm³/mol. The van der Waals surface area contributed by atoms with Gasteiger partial charge in [-0.2, -0.15) is 8.42 Å². The Morgan fingerprint density at radius 3 is 2.54 bits per heavy atom. The van der Waals surface area contributed by atoms with Gasteiger partial charge in [0, 0.05) is 6.54 Å². The number of phenols is 1. The zero-order valence-electron chi connectivity index (χ0n) is 15.4. The van der Waals surface area contributed by atoms with Gasteiger partial charge in [-0.15, -0.1) is 0 Å². The highest BCUT2D eigenvalue weighted by Gasteiger charge is 2.35. The molecule has 1 saturated carbocycles. The first-order chi connectivity index (χ1) is 13.2. The Hall–Kier alpha value is -1.85. The van der Waals surface area contributed by atoms with Crippen molar-refractivity contribution in [3.8, 4) is 5.75 Å². The number of hydrogen-bond donors (Lipinski definition) is 3. The molecule has 0 aromatic heterocycles. The molecule has 3 N–H and O–H groups in total. The smallest absolute Gasteiger partial charge is 0.326 e. The van der Waals surface area contributed by atoms with E-state index in [0.29, 0.717) is 12.0 Å². The van der Waals surface area contributed by atoms with Crippen molar-refractivity contribution in [2.24, 2.45) is 5.92 Å². The Morgan fingerprint density at radius 2 is 1.93 bits per heavy atom. The molecule has 1 aliphatic heterocycles. The summed E-state index contributed by atoms with van der Waals surface area (Å²) in [6, 6.07) is 4.38. The second-order valence-corrected chi connectivity index (χ2v) is 10.7. The van der Waals surface area contributed by atoms with E-state index in [1.807, 2.05) is 4.72 Å². The Bertz CT molecular complexity index is 940. The van der Waals surface area contributed by atoms with Gasteiger partial charge in [-0.1, -0.05) is 25.3 Å². The summed E-state index contributed by atoms with van der Waals surface area (Å²) in [4.78, 5) is 11.3. The molecule has 156 valence electrons. The van der Waals surface area contributed by atoms with E-state index in [9.17, 15) is 26.7 Å². The summed E-state index contributed by atoms with van der Waals surface area (Å²) in [5.74, 6) is -0.600. The first kappa shape index (κ1) is 20.9. The fourth-order valence-electron chi connectivity index (χ4n) is 3.67. The monoisotopic (exact) mass is 431 g/mol. The van der Waals surface area contributed by atoms with Crippen LogP contribution in [-0.4, -0.2) is 46.7 Å². The molecule has 0 unspecified atom stereocenters. The molecule has 0 bridgehead atoms. The summed E-state index contributed by atoms with van der Waals surface area (Å²) in [6.07, 6.45) is 5.59. The number of sulfonamides is 1. The van der Waals surface area contributed by atoms with Crippen molar-refractivity contribution in [3.63, 3.8) is 0 Å². The van der Waals surface area contributed by atoms with E-state index in [1.54, 1.807) is 6.07 Å². The lowest BCUT2D eigenvalue weighted by Gasteiger charge is -2.21. The molecule has 1 aromatic rings. The van der Waals surface area contributed by atoms with E-state index >= 15 is 0 Å². The van der Waals surface area contributed by atoms with E-state index in [0.717, 1.165) is 30.0 Å². The minimum absolute atomic E-state index is 0.0000193. The van der Waals surface area contributed by atoms with Gasteiger partial charge in [-0.3, -0.25) is 4.79 Å². The van der Waals surface area contributed by atoms with E-state index < -0.39 is 32.7 Å². The number of anilines is 1. The molecule has 1 aliphatic carbocycles. The van der Waals surface area contributed by atoms with E-state index in [1.165, 1.54) is 18.6 Å². The van der Waals surface area contributed by atoms with Crippen molar-refractivity contribution in [1.82, 2.24) is 9.44 Å². The van der Waals surface area contributed by atoms with Crippen LogP contribution in [0.4, 0.5) is 5.69 Å². The zero-order valence-corrected chi connectivity index (χ0v) is 17.1. The van der Waals surface area contributed by atoms with Crippen molar-refractivity contribution in [2.75, 3.05) is 23.1 Å². The topological polar surface area (TPSA) is 133 Å². The average molecular weight is 432 g/mol. The van der Waals surface area contributed by atoms with Gasteiger partial charge in [-0.25, -0.2) is 22.2 Å². The summed E-state index contributed by atoms with van der Waals surface area (Å²) >= 11 is 0. The number of carbonyl (C=O) groups excluding carboxylic acids is 1. The normalized spacial score (nSPS) is 20.3. The number of carbonyl (C=O) groups is 1. The van der Waals surface area contributed by atoms with E-state index in [2.05, 4.69) is 4.72 Å². The number of amides is 1. The number of nitrogens with zero attached hydrogens (tertiary/aromatic N) is 1. The third-order valence-corrected chi connectivity index (χ3v) is 7.99. The van der Waals surface area contributed by atoms with Gasteiger partial charge in [0.05, 0.1) is 11.4 Å². The van der Waals surface area contributed by atoms with Gasteiger partial charge in [0.1, 0.15) is 12.3 Å². The number of benzene rings is 1. The molecule has 1 aromatic carbocycles. The number of phenolic OH excluding ortho intramolecular Hbond substituents is 1. The summed E-state index contributed by atoms with van der Waals surface area (Å²) in [6.45, 7) is -0.202. The number of nitrogens with one attached hydrogen (secondary N) is 2. The summed E-state index contributed by atoms with van der Waals surface area (Å²) in [7, 11) is -7.34. The number of rotatable bonds is 7. The SMILES string of the molecule is O=C1CN(c2ccc(CCNS(=O)(=O)CC3CCCCC3)cc2O)S(=O)(=O)N1. The Morgan fingerprint density at radius 1 is 1.21 bits per heavy atom. The van der Waals surface area contributed by atoms with Crippen LogP contribution in [0.3, 0.4) is 0 Å². The van der Waals surface area contributed by atoms with Crippen LogP contribution >= 0.6 is 0 Å². The van der Waals surface area contributed by atoms with E-state index in [-0.39, 0.29) is 29.7 Å². The highest BCUT2D eigenvalue weighted by Crippen LogP contribution is 2.31. The van der Waals surface area contributed by atoms with Gasteiger partial charge in [0.15, 0.2) is 0 Å². The third kappa shape index (κ3) is 5.15. The van der Waals surface area contributed by atoms with Crippen LogP contribution in [0.15, 0.2) is 18.2 Å². The molecule has 1 saturated heterocycles. The van der Waals surface area contributed by atoms with Crippen LogP contribution in [0.2, 0.25) is 0 Å². The van der Waals surface area contributed by atoms with Crippen LogP contribution in [-0.2, 0) is 31.4 Å². The third-order valence-electron chi connectivity index (χ3n) is 5.04. The van der Waals surface area contributed by atoms with Crippen LogP contribution in [0.1, 0.15) is 37.7 Å². The van der Waals surface area contributed by atoms with Gasteiger partial charge in [-0.05, 0) is 42.9 Å². The highest BCUT2D eigenvalue weighted by atomic mass is 32.2. The molecule has 1 amide bonds. The van der Waals surface area contributed by atoms with Crippen molar-refractivity contribution < 1.29 is 26.7 Å². The van der Waals surface area contributed by atoms with Gasteiger partial charge in [0.2, 0.25) is 10.0 Å². The lowest BCUT2D eigenvalue weighted by Crippen LogP contribution is -2.32. The van der Waals surface area contributed by atoms with Crippen molar-refractivity contribution in [1.29, 1.82) is 0 Å². The Balaban J connectivity index is 1.57. The van der Waals surface area contributed by atoms with Crippen molar-refractivity contribution in [2.45, 2.75) is 38.5 Å². The molecule has 2 fully saturated rings. The summed E-state index contributed by atoms with van der Waals surface area (Å²) < 4.78 is 53.4. The largest absolute Gasteiger partial charge is 0.506 e. The molecule has 0 atom stereocenters. The molecule has 11 heteroatoms. The lowest BCUT2D eigenvalue weighted by molar-refractivity contribution is -0.117. The first-order valence-electron chi connectivity index (χ1n) is 9.29. The molecule has 1 heterocycles. The van der Waals surface area contributed by atoms with Crippen molar-refractivity contribution >= 4 is 31.8 Å². The van der Waals surface area contributed by atoms with Gasteiger partial charge in [0.25, 0.3) is 5.91 Å². The molecule has 28 heavy (non-hydrogen) atoms. The maximum atomic E-state index is 12.2. The van der Waals surface area contributed by atoms with E-state index in [4.69, 9.17) is 0 Å². The maximum absolute atomic E-state index is 12.2. The second-order valence-electron chi connectivity index (χ2n) is 7.29. The van der Waals surface area contributed by atoms with Crippen LogP contribution in [0.25, 0.3) is 0 Å². The fraction of sp³-hybridized carbons (Fsp3) is 0.588. The minimum atomic E-state index is -3.99. The zero-order chi connectivity index (χ0) is 20.4. The Labute approximate surface area is 165 Å². The van der Waals surface area contributed by atoms with Crippen molar-refractivity contribution in [3.05, 3.63) is 23.8 Å². The molecule has 0 spiro atoms. The average Bonchev–Trinajstić information content (AvgIpc) is 2.87. The molecule has 2 aliphatic rings. The molecule has 3 rings (SSSR count). The predicted octanol–water partition coefficient (Wildman–Crippen LogP) is 0.615. The van der Waals surface area contributed by atoms with Gasteiger partial charge >= 0.3 is 10.2 Å². The molecule has 0 radical (unpaired) electrons. The summed E-state index contributed by atoms with van der Waals surface area (Å²) in [5, 5.41) is 10.2. The number of hydrogen-bond acceptors (Lipinski definition) is 6. The first-order valence-corrected chi connectivity index (χ1v) is 12.4. The minimum Gasteiger partial charge on any atom is -0.506 e. The molecular formula is C17H25N3O6S2. The standard InChI is InChI=1S/C17H25N3O6S2/c21-16-10-13(6-7-15(16)20-11-17(22)19-28(20,25)26)8-9-18-27(23,24)12-14-4-2-1-3-5-14/h6-7,10,14,18,21H,1-5,8-9,11-12H2,(H,19,22).